The van der Waals surface area contributed by atoms with Gasteiger partial charge in [-0.2, -0.15) is 0 Å². The minimum Gasteiger partial charge on any atom is -0.472 e. The quantitative estimate of drug-likeness (QED) is 0.776. The van der Waals surface area contributed by atoms with Crippen LogP contribution in [-0.2, 0) is 10.4 Å². The molecule has 1 rings (SSSR count). The van der Waals surface area contributed by atoms with Gasteiger partial charge in [-0.1, -0.05) is 0 Å². The predicted molar refractivity (Wildman–Crippen MR) is 58.3 cm³/mol. The smallest absolute Gasteiger partial charge is 0.152 e. The molecule has 0 saturated heterocycles. The first kappa shape index (κ1) is 11.7. The molecule has 0 aliphatic heterocycles. The summed E-state index contributed by atoms with van der Waals surface area (Å²) in [5, 5.41) is 9.87. The van der Waals surface area contributed by atoms with Crippen LogP contribution in [0.5, 0.6) is 0 Å². The Bertz CT molecular complexity index is 391. The molecule has 0 atom stereocenters. The number of furan rings is 1. The van der Waals surface area contributed by atoms with E-state index in [1.807, 2.05) is 6.92 Å². The van der Waals surface area contributed by atoms with E-state index in [1.165, 1.54) is 19.3 Å². The second-order valence-corrected chi connectivity index (χ2v) is 4.20. The summed E-state index contributed by atoms with van der Waals surface area (Å²) in [5.74, 6) is -0.0182. The van der Waals surface area contributed by atoms with E-state index in [1.54, 1.807) is 20.1 Å². The average Bonchev–Trinajstić information content (AvgIpc) is 2.48. The lowest BCUT2D eigenvalue weighted by molar-refractivity contribution is -0.112. The molecule has 3 nitrogen and oxygen atoms in total. The maximum absolute atomic E-state index is 10.9. The molecular weight excluding hydrogens is 192 g/mol. The first-order valence-corrected chi connectivity index (χ1v) is 4.80. The van der Waals surface area contributed by atoms with Crippen LogP contribution in [0.4, 0.5) is 0 Å². The van der Waals surface area contributed by atoms with E-state index in [2.05, 4.69) is 0 Å². The zero-order chi connectivity index (χ0) is 11.6. The monoisotopic (exact) mass is 208 g/mol. The van der Waals surface area contributed by atoms with Crippen molar-refractivity contribution in [1.29, 1.82) is 0 Å². The molecule has 0 bridgehead atoms. The number of aliphatic hydroxyl groups is 1. The first-order chi connectivity index (χ1) is 6.82. The van der Waals surface area contributed by atoms with Gasteiger partial charge in [0, 0.05) is 11.1 Å². The maximum atomic E-state index is 10.9. The fourth-order valence-electron chi connectivity index (χ4n) is 1.46. The number of hydrogen-bond donors (Lipinski definition) is 1. The third-order valence-electron chi connectivity index (χ3n) is 2.17. The van der Waals surface area contributed by atoms with E-state index in [0.29, 0.717) is 5.56 Å². The molecule has 1 N–H and O–H groups in total. The molecule has 82 valence electrons. The van der Waals surface area contributed by atoms with E-state index < -0.39 is 5.60 Å². The molecule has 15 heavy (non-hydrogen) atoms. The Hall–Kier alpha value is -1.35. The molecule has 0 fully saturated rings. The van der Waals surface area contributed by atoms with Crippen LogP contribution in [0.2, 0.25) is 0 Å². The van der Waals surface area contributed by atoms with Crippen LogP contribution < -0.4 is 0 Å². The van der Waals surface area contributed by atoms with Gasteiger partial charge in [0.2, 0.25) is 0 Å². The van der Waals surface area contributed by atoms with Gasteiger partial charge >= 0.3 is 0 Å². The molecule has 0 amide bonds. The topological polar surface area (TPSA) is 50.4 Å². The Morgan fingerprint density at radius 2 is 2.00 bits per heavy atom. The van der Waals surface area contributed by atoms with E-state index in [4.69, 9.17) is 4.42 Å². The molecule has 0 saturated carbocycles. The Morgan fingerprint density at radius 1 is 1.40 bits per heavy atom. The highest BCUT2D eigenvalue weighted by molar-refractivity contribution is 5.94. The molecule has 0 aromatic carbocycles. The zero-order valence-electron chi connectivity index (χ0n) is 9.50. The van der Waals surface area contributed by atoms with Crippen molar-refractivity contribution in [1.82, 2.24) is 0 Å². The van der Waals surface area contributed by atoms with Crippen molar-refractivity contribution in [2.24, 2.45) is 0 Å². The molecule has 0 aliphatic carbocycles. The van der Waals surface area contributed by atoms with E-state index >= 15 is 0 Å². The van der Waals surface area contributed by atoms with Gasteiger partial charge in [-0.3, -0.25) is 4.79 Å². The summed E-state index contributed by atoms with van der Waals surface area (Å²) >= 11 is 0. The summed E-state index contributed by atoms with van der Waals surface area (Å²) in [7, 11) is 0. The van der Waals surface area contributed by atoms with Crippen LogP contribution in [0.1, 0.15) is 38.8 Å². The van der Waals surface area contributed by atoms with Gasteiger partial charge < -0.3 is 9.52 Å². The number of allylic oxidation sites excluding steroid dienone is 2. The van der Waals surface area contributed by atoms with Gasteiger partial charge in [0.15, 0.2) is 5.78 Å². The van der Waals surface area contributed by atoms with Crippen LogP contribution in [0.25, 0.3) is 5.57 Å². The van der Waals surface area contributed by atoms with Gasteiger partial charge in [-0.25, -0.2) is 0 Å². The van der Waals surface area contributed by atoms with Crippen LogP contribution in [0.15, 0.2) is 23.0 Å². The van der Waals surface area contributed by atoms with Crippen molar-refractivity contribution in [2.75, 3.05) is 0 Å². The summed E-state index contributed by atoms with van der Waals surface area (Å²) in [4.78, 5) is 10.9. The Labute approximate surface area is 89.4 Å². The second kappa shape index (κ2) is 4.03. The molecule has 0 unspecified atom stereocenters. The largest absolute Gasteiger partial charge is 0.472 e. The summed E-state index contributed by atoms with van der Waals surface area (Å²) in [6, 6.07) is 0. The van der Waals surface area contributed by atoms with Gasteiger partial charge in [-0.15, -0.1) is 0 Å². The van der Waals surface area contributed by atoms with Gasteiger partial charge in [0.05, 0.1) is 18.1 Å². The minimum absolute atomic E-state index is 0.0182. The lowest BCUT2D eigenvalue weighted by Gasteiger charge is -2.17. The van der Waals surface area contributed by atoms with Gasteiger partial charge in [0.25, 0.3) is 0 Å². The molecule has 1 aromatic rings. The van der Waals surface area contributed by atoms with Crippen molar-refractivity contribution in [2.45, 2.75) is 33.3 Å². The molecule has 0 radical (unpaired) electrons. The first-order valence-electron chi connectivity index (χ1n) is 4.80. The number of carbonyl (C=O) groups excluding carboxylic acids is 1. The molecule has 1 aromatic heterocycles. The van der Waals surface area contributed by atoms with Crippen molar-refractivity contribution in [3.8, 4) is 0 Å². The van der Waals surface area contributed by atoms with Gasteiger partial charge in [0.1, 0.15) is 0 Å². The van der Waals surface area contributed by atoms with Gasteiger partial charge in [-0.05, 0) is 39.3 Å². The highest BCUT2D eigenvalue weighted by atomic mass is 16.3. The third-order valence-corrected chi connectivity index (χ3v) is 2.17. The fraction of sp³-hybridized carbons (Fsp3) is 0.417. The molecular formula is C12H16O3. The predicted octanol–water partition coefficient (Wildman–Crippen LogP) is 2.50. The second-order valence-electron chi connectivity index (χ2n) is 4.20. The molecule has 0 aliphatic rings. The summed E-state index contributed by atoms with van der Waals surface area (Å²) < 4.78 is 5.06. The van der Waals surface area contributed by atoms with Crippen LogP contribution in [0, 0.1) is 0 Å². The van der Waals surface area contributed by atoms with E-state index in [-0.39, 0.29) is 5.78 Å². The van der Waals surface area contributed by atoms with E-state index in [0.717, 1.165) is 11.1 Å². The SMILES string of the molecule is CC(=O)/C=C(/C)c1cocc1C(C)(C)O. The van der Waals surface area contributed by atoms with Crippen LogP contribution >= 0.6 is 0 Å². The Morgan fingerprint density at radius 3 is 2.47 bits per heavy atom. The highest BCUT2D eigenvalue weighted by Crippen LogP contribution is 2.29. The maximum Gasteiger partial charge on any atom is 0.152 e. The molecule has 0 spiro atoms. The lowest BCUT2D eigenvalue weighted by Crippen LogP contribution is -2.16. The summed E-state index contributed by atoms with van der Waals surface area (Å²) in [6.45, 7) is 6.68. The van der Waals surface area contributed by atoms with Crippen LogP contribution in [-0.4, -0.2) is 10.9 Å². The third kappa shape index (κ3) is 2.80. The fourth-order valence-corrected chi connectivity index (χ4v) is 1.46. The van der Waals surface area contributed by atoms with Crippen molar-refractivity contribution in [3.05, 3.63) is 29.7 Å². The lowest BCUT2D eigenvalue weighted by atomic mass is 9.94. The van der Waals surface area contributed by atoms with Crippen LogP contribution in [0.3, 0.4) is 0 Å². The van der Waals surface area contributed by atoms with Crippen molar-refractivity contribution >= 4 is 11.4 Å². The number of ketones is 1. The number of carbonyl (C=O) groups is 1. The average molecular weight is 208 g/mol. The zero-order valence-corrected chi connectivity index (χ0v) is 9.50. The standard InChI is InChI=1S/C12H16O3/c1-8(5-9(2)13)10-6-15-7-11(10)12(3,4)14/h5-7,14H,1-4H3/b8-5-. The number of rotatable bonds is 3. The van der Waals surface area contributed by atoms with E-state index in [9.17, 15) is 9.90 Å². The van der Waals surface area contributed by atoms with Crippen molar-refractivity contribution in [3.63, 3.8) is 0 Å². The molecule has 1 heterocycles. The van der Waals surface area contributed by atoms with Crippen molar-refractivity contribution < 1.29 is 14.3 Å². The summed E-state index contributed by atoms with van der Waals surface area (Å²) in [6.07, 6.45) is 4.58. The number of hydrogen-bond acceptors (Lipinski definition) is 3. The Kier molecular flexibility index (Phi) is 3.15. The summed E-state index contributed by atoms with van der Waals surface area (Å²) in [5.41, 5.74) is 1.30. The normalized spacial score (nSPS) is 13.0. The minimum atomic E-state index is -0.964. The Balaban J connectivity index is 3.17. The highest BCUT2D eigenvalue weighted by Gasteiger charge is 2.22. The molecule has 3 heteroatoms.